The van der Waals surface area contributed by atoms with Crippen LogP contribution in [0, 0.1) is 0 Å². The number of ether oxygens (including phenoxy) is 3. The van der Waals surface area contributed by atoms with E-state index in [4.69, 9.17) is 23.2 Å². The SMILES string of the molecule is COc1ccc(-c2oc3cc(O)c(OC)c(O)c3c(=O)c2OS(=O)(=O)O)cc1OC. The second kappa shape index (κ2) is 7.65. The van der Waals surface area contributed by atoms with Gasteiger partial charge >= 0.3 is 10.4 Å². The van der Waals surface area contributed by atoms with Gasteiger partial charge in [-0.3, -0.25) is 9.35 Å². The molecule has 0 aliphatic heterocycles. The third-order valence-electron chi connectivity index (χ3n) is 4.09. The van der Waals surface area contributed by atoms with Crippen LogP contribution in [0.5, 0.6) is 34.5 Å². The van der Waals surface area contributed by atoms with E-state index < -0.39 is 50.0 Å². The van der Waals surface area contributed by atoms with Gasteiger partial charge < -0.3 is 33.0 Å². The molecule has 0 amide bonds. The van der Waals surface area contributed by atoms with Crippen molar-refractivity contribution < 1.29 is 46.0 Å². The van der Waals surface area contributed by atoms with Crippen LogP contribution in [0.2, 0.25) is 0 Å². The lowest BCUT2D eigenvalue weighted by Gasteiger charge is -2.14. The summed E-state index contributed by atoms with van der Waals surface area (Å²) in [5.41, 5.74) is -1.34. The molecule has 0 bridgehead atoms. The van der Waals surface area contributed by atoms with Gasteiger partial charge in [-0.1, -0.05) is 0 Å². The minimum absolute atomic E-state index is 0.111. The van der Waals surface area contributed by atoms with Gasteiger partial charge in [0, 0.05) is 11.6 Å². The zero-order valence-electron chi connectivity index (χ0n) is 15.8. The van der Waals surface area contributed by atoms with Gasteiger partial charge in [0.1, 0.15) is 11.0 Å². The van der Waals surface area contributed by atoms with Crippen LogP contribution in [-0.4, -0.2) is 44.5 Å². The van der Waals surface area contributed by atoms with E-state index in [1.165, 1.54) is 32.4 Å². The van der Waals surface area contributed by atoms with E-state index in [0.29, 0.717) is 5.75 Å². The van der Waals surface area contributed by atoms with E-state index in [-0.39, 0.29) is 16.9 Å². The minimum Gasteiger partial charge on any atom is -0.504 e. The molecular weight excluding hydrogens is 424 g/mol. The smallest absolute Gasteiger partial charge is 0.446 e. The molecule has 0 saturated heterocycles. The summed E-state index contributed by atoms with van der Waals surface area (Å²) in [6.45, 7) is 0. The summed E-state index contributed by atoms with van der Waals surface area (Å²) in [6, 6.07) is 5.23. The molecule has 3 rings (SSSR count). The summed E-state index contributed by atoms with van der Waals surface area (Å²) < 4.78 is 57.0. The monoisotopic (exact) mass is 440 g/mol. The number of hydrogen-bond acceptors (Lipinski definition) is 10. The summed E-state index contributed by atoms with van der Waals surface area (Å²) in [5.74, 6) is -2.58. The molecule has 0 atom stereocenters. The highest BCUT2D eigenvalue weighted by Crippen LogP contribution is 2.44. The number of hydrogen-bond donors (Lipinski definition) is 3. The van der Waals surface area contributed by atoms with Crippen molar-refractivity contribution in [3.05, 3.63) is 34.5 Å². The van der Waals surface area contributed by atoms with E-state index in [1.807, 2.05) is 0 Å². The minimum atomic E-state index is -5.14. The Balaban J connectivity index is 2.44. The van der Waals surface area contributed by atoms with Gasteiger partial charge in [0.2, 0.25) is 16.9 Å². The Bertz CT molecular complexity index is 1290. The molecule has 0 aliphatic carbocycles. The first-order valence-electron chi connectivity index (χ1n) is 8.10. The molecule has 0 saturated carbocycles. The van der Waals surface area contributed by atoms with Crippen molar-refractivity contribution in [1.82, 2.24) is 0 Å². The highest BCUT2D eigenvalue weighted by Gasteiger charge is 2.27. The van der Waals surface area contributed by atoms with Crippen LogP contribution < -0.4 is 23.8 Å². The van der Waals surface area contributed by atoms with E-state index in [9.17, 15) is 23.4 Å². The Morgan fingerprint density at radius 1 is 0.933 bits per heavy atom. The second-order valence-electron chi connectivity index (χ2n) is 5.82. The molecule has 0 fully saturated rings. The van der Waals surface area contributed by atoms with Crippen LogP contribution in [0.1, 0.15) is 0 Å². The van der Waals surface area contributed by atoms with Crippen molar-refractivity contribution >= 4 is 21.4 Å². The third kappa shape index (κ3) is 3.65. The summed E-state index contributed by atoms with van der Waals surface area (Å²) in [5, 5.41) is 19.8. The molecule has 0 aliphatic rings. The molecule has 1 heterocycles. The van der Waals surface area contributed by atoms with E-state index in [2.05, 4.69) is 4.18 Å². The Kier molecular flexibility index (Phi) is 5.37. The fraction of sp³-hybridized carbons (Fsp3) is 0.167. The Hall–Kier alpha value is -3.64. The predicted octanol–water partition coefficient (Wildman–Crippen LogP) is 2.08. The highest BCUT2D eigenvalue weighted by molar-refractivity contribution is 7.81. The fourth-order valence-corrected chi connectivity index (χ4v) is 3.20. The number of fused-ring (bicyclic) bond motifs is 1. The second-order valence-corrected chi connectivity index (χ2v) is 6.84. The molecule has 1 aromatic heterocycles. The summed E-state index contributed by atoms with van der Waals surface area (Å²) in [7, 11) is -1.25. The standard InChI is InChI=1S/C18H16O11S/c1-25-10-5-4-8(6-11(10)26-2)16-18(29-30(22,23)24)15(21)13-12(28-16)7-9(19)17(27-3)14(13)20/h4-7,19-20H,1-3H3,(H,22,23,24). The lowest BCUT2D eigenvalue weighted by atomic mass is 10.1. The topological polar surface area (TPSA) is 162 Å². The highest BCUT2D eigenvalue weighted by atomic mass is 32.3. The van der Waals surface area contributed by atoms with Crippen LogP contribution in [-0.2, 0) is 10.4 Å². The lowest BCUT2D eigenvalue weighted by molar-refractivity contribution is 0.345. The van der Waals surface area contributed by atoms with Gasteiger partial charge in [-0.25, -0.2) is 0 Å². The average Bonchev–Trinajstić information content (AvgIpc) is 2.68. The normalized spacial score (nSPS) is 11.3. The van der Waals surface area contributed by atoms with Gasteiger partial charge in [0.25, 0.3) is 0 Å². The third-order valence-corrected chi connectivity index (χ3v) is 4.47. The number of methoxy groups -OCH3 is 3. The van der Waals surface area contributed by atoms with Crippen LogP contribution in [0.4, 0.5) is 0 Å². The van der Waals surface area contributed by atoms with Crippen LogP contribution in [0.3, 0.4) is 0 Å². The van der Waals surface area contributed by atoms with Crippen LogP contribution >= 0.6 is 0 Å². The van der Waals surface area contributed by atoms with E-state index >= 15 is 0 Å². The largest absolute Gasteiger partial charge is 0.504 e. The molecule has 2 aromatic carbocycles. The molecule has 11 nitrogen and oxygen atoms in total. The zero-order valence-corrected chi connectivity index (χ0v) is 16.6. The quantitative estimate of drug-likeness (QED) is 0.481. The molecular formula is C18H16O11S. The molecule has 160 valence electrons. The maximum absolute atomic E-state index is 13.0. The lowest BCUT2D eigenvalue weighted by Crippen LogP contribution is -2.15. The molecule has 0 radical (unpaired) electrons. The van der Waals surface area contributed by atoms with Gasteiger partial charge in [-0.2, -0.15) is 8.42 Å². The first-order chi connectivity index (χ1) is 14.1. The number of aromatic hydroxyl groups is 2. The van der Waals surface area contributed by atoms with Crippen molar-refractivity contribution in [3.8, 4) is 45.8 Å². The zero-order chi connectivity index (χ0) is 22.2. The summed E-state index contributed by atoms with van der Waals surface area (Å²) in [4.78, 5) is 13.0. The Labute approximate surface area is 169 Å². The molecule has 0 spiro atoms. The van der Waals surface area contributed by atoms with Crippen LogP contribution in [0.25, 0.3) is 22.3 Å². The fourth-order valence-electron chi connectivity index (χ4n) is 2.84. The number of phenolic OH excluding ortho intramolecular Hbond substituents is 2. The Morgan fingerprint density at radius 2 is 1.60 bits per heavy atom. The number of benzene rings is 2. The predicted molar refractivity (Wildman–Crippen MR) is 103 cm³/mol. The van der Waals surface area contributed by atoms with Gasteiger partial charge in [0.05, 0.1) is 21.3 Å². The van der Waals surface area contributed by atoms with Gasteiger partial charge in [-0.15, -0.1) is 0 Å². The molecule has 3 N–H and O–H groups in total. The molecule has 12 heteroatoms. The molecule has 3 aromatic rings. The van der Waals surface area contributed by atoms with E-state index in [1.54, 1.807) is 0 Å². The maximum atomic E-state index is 13.0. The maximum Gasteiger partial charge on any atom is 0.446 e. The van der Waals surface area contributed by atoms with Crippen molar-refractivity contribution in [2.24, 2.45) is 0 Å². The molecule has 30 heavy (non-hydrogen) atoms. The first kappa shape index (κ1) is 21.1. The first-order valence-corrected chi connectivity index (χ1v) is 9.46. The van der Waals surface area contributed by atoms with Gasteiger partial charge in [0.15, 0.2) is 28.8 Å². The van der Waals surface area contributed by atoms with Crippen molar-refractivity contribution in [2.45, 2.75) is 0 Å². The molecule has 0 unspecified atom stereocenters. The number of rotatable bonds is 6. The Morgan fingerprint density at radius 3 is 2.17 bits per heavy atom. The van der Waals surface area contributed by atoms with Gasteiger partial charge in [-0.05, 0) is 18.2 Å². The van der Waals surface area contributed by atoms with Crippen molar-refractivity contribution in [1.29, 1.82) is 0 Å². The number of phenols is 2. The average molecular weight is 440 g/mol. The summed E-state index contributed by atoms with van der Waals surface area (Å²) in [6.07, 6.45) is 0. The van der Waals surface area contributed by atoms with Crippen molar-refractivity contribution in [2.75, 3.05) is 21.3 Å². The van der Waals surface area contributed by atoms with Crippen LogP contribution in [0.15, 0.2) is 33.5 Å². The summed E-state index contributed by atoms with van der Waals surface area (Å²) >= 11 is 0. The van der Waals surface area contributed by atoms with E-state index in [0.717, 1.165) is 13.2 Å². The van der Waals surface area contributed by atoms with Crippen molar-refractivity contribution in [3.63, 3.8) is 0 Å².